The zero-order valence-electron chi connectivity index (χ0n) is 11.6. The van der Waals surface area contributed by atoms with Crippen LogP contribution < -0.4 is 10.1 Å². The highest BCUT2D eigenvalue weighted by atomic mass is 16.5. The van der Waals surface area contributed by atoms with Crippen molar-refractivity contribution in [1.82, 2.24) is 10.2 Å². The van der Waals surface area contributed by atoms with Crippen molar-refractivity contribution < 1.29 is 9.53 Å². The Balaban J connectivity index is 2.55. The third-order valence-corrected chi connectivity index (χ3v) is 2.47. The summed E-state index contributed by atoms with van der Waals surface area (Å²) < 4.78 is 5.57. The SMILES string of the molecule is CNCC(=O)N(C)Cc1ccc(OC(C)C)cc1. The standard InChI is InChI=1S/C14H22N2O2/c1-11(2)18-13-7-5-12(6-8-13)10-16(4)14(17)9-15-3/h5-8,11,15H,9-10H2,1-4H3. The van der Waals surface area contributed by atoms with Gasteiger partial charge in [-0.05, 0) is 38.6 Å². The summed E-state index contributed by atoms with van der Waals surface area (Å²) in [6.45, 7) is 4.98. The minimum atomic E-state index is 0.0833. The summed E-state index contributed by atoms with van der Waals surface area (Å²) in [6.07, 6.45) is 0.177. The largest absolute Gasteiger partial charge is 0.491 e. The fraction of sp³-hybridized carbons (Fsp3) is 0.500. The normalized spacial score (nSPS) is 10.5. The molecule has 0 fully saturated rings. The fourth-order valence-electron chi connectivity index (χ4n) is 1.59. The molecule has 100 valence electrons. The van der Waals surface area contributed by atoms with Crippen LogP contribution in [0.3, 0.4) is 0 Å². The number of nitrogens with zero attached hydrogens (tertiary/aromatic N) is 1. The van der Waals surface area contributed by atoms with E-state index in [0.717, 1.165) is 11.3 Å². The first-order valence-electron chi connectivity index (χ1n) is 6.17. The molecule has 1 rings (SSSR count). The molecule has 0 saturated heterocycles. The molecule has 0 aliphatic carbocycles. The van der Waals surface area contributed by atoms with Gasteiger partial charge in [-0.1, -0.05) is 12.1 Å². The maximum atomic E-state index is 11.6. The van der Waals surface area contributed by atoms with E-state index >= 15 is 0 Å². The lowest BCUT2D eigenvalue weighted by molar-refractivity contribution is -0.129. The lowest BCUT2D eigenvalue weighted by Crippen LogP contribution is -2.33. The van der Waals surface area contributed by atoms with Gasteiger partial charge >= 0.3 is 0 Å². The molecule has 0 heterocycles. The summed E-state index contributed by atoms with van der Waals surface area (Å²) in [5, 5.41) is 2.85. The van der Waals surface area contributed by atoms with Gasteiger partial charge in [0.25, 0.3) is 0 Å². The van der Waals surface area contributed by atoms with E-state index in [1.165, 1.54) is 0 Å². The summed E-state index contributed by atoms with van der Waals surface area (Å²) in [5.41, 5.74) is 1.10. The molecular weight excluding hydrogens is 228 g/mol. The monoisotopic (exact) mass is 250 g/mol. The number of hydrogen-bond acceptors (Lipinski definition) is 3. The summed E-state index contributed by atoms with van der Waals surface area (Å²) in [5.74, 6) is 0.943. The van der Waals surface area contributed by atoms with Crippen LogP contribution in [-0.2, 0) is 11.3 Å². The van der Waals surface area contributed by atoms with Gasteiger partial charge < -0.3 is 15.0 Å². The molecular formula is C14H22N2O2. The quantitative estimate of drug-likeness (QED) is 0.834. The van der Waals surface area contributed by atoms with Gasteiger partial charge in [-0.3, -0.25) is 4.79 Å². The van der Waals surface area contributed by atoms with E-state index in [1.54, 1.807) is 19.0 Å². The minimum absolute atomic E-state index is 0.0833. The highest BCUT2D eigenvalue weighted by Gasteiger charge is 2.07. The van der Waals surface area contributed by atoms with E-state index in [2.05, 4.69) is 5.32 Å². The van der Waals surface area contributed by atoms with Crippen LogP contribution >= 0.6 is 0 Å². The Morgan fingerprint density at radius 1 is 1.33 bits per heavy atom. The first-order valence-corrected chi connectivity index (χ1v) is 6.17. The first kappa shape index (κ1) is 14.5. The van der Waals surface area contributed by atoms with Gasteiger partial charge in [0.15, 0.2) is 0 Å². The maximum Gasteiger partial charge on any atom is 0.236 e. The molecule has 1 aromatic carbocycles. The number of ether oxygens (including phenoxy) is 1. The molecule has 1 aromatic rings. The summed E-state index contributed by atoms with van der Waals surface area (Å²) in [4.78, 5) is 13.3. The molecule has 0 saturated carbocycles. The van der Waals surface area contributed by atoms with Gasteiger partial charge in [0.05, 0.1) is 12.6 Å². The van der Waals surface area contributed by atoms with Crippen molar-refractivity contribution in [2.75, 3.05) is 20.6 Å². The van der Waals surface area contributed by atoms with E-state index in [0.29, 0.717) is 13.1 Å². The Labute approximate surface area is 109 Å². The van der Waals surface area contributed by atoms with Crippen LogP contribution in [0.15, 0.2) is 24.3 Å². The number of carbonyl (C=O) groups is 1. The van der Waals surface area contributed by atoms with Crippen molar-refractivity contribution in [2.24, 2.45) is 0 Å². The average molecular weight is 250 g/mol. The third kappa shape index (κ3) is 4.75. The second-order valence-electron chi connectivity index (χ2n) is 4.59. The molecule has 0 aliphatic rings. The van der Waals surface area contributed by atoms with Crippen molar-refractivity contribution in [3.63, 3.8) is 0 Å². The van der Waals surface area contributed by atoms with Crippen molar-refractivity contribution in [3.05, 3.63) is 29.8 Å². The second-order valence-corrected chi connectivity index (χ2v) is 4.59. The highest BCUT2D eigenvalue weighted by Crippen LogP contribution is 2.14. The number of nitrogens with one attached hydrogen (secondary N) is 1. The predicted molar refractivity (Wildman–Crippen MR) is 72.6 cm³/mol. The van der Waals surface area contributed by atoms with Crippen LogP contribution in [0.25, 0.3) is 0 Å². The molecule has 4 nitrogen and oxygen atoms in total. The van der Waals surface area contributed by atoms with E-state index in [9.17, 15) is 4.79 Å². The number of amides is 1. The molecule has 1 amide bonds. The van der Waals surface area contributed by atoms with Crippen molar-refractivity contribution in [1.29, 1.82) is 0 Å². The van der Waals surface area contributed by atoms with Crippen LogP contribution in [0.1, 0.15) is 19.4 Å². The van der Waals surface area contributed by atoms with Gasteiger partial charge in [-0.25, -0.2) is 0 Å². The number of hydrogen-bond donors (Lipinski definition) is 1. The van der Waals surface area contributed by atoms with Crippen LogP contribution in [0, 0.1) is 0 Å². The third-order valence-electron chi connectivity index (χ3n) is 2.47. The first-order chi connectivity index (χ1) is 8.52. The molecule has 0 aromatic heterocycles. The zero-order valence-corrected chi connectivity index (χ0v) is 11.6. The van der Waals surface area contributed by atoms with Crippen LogP contribution in [0.5, 0.6) is 5.75 Å². The Morgan fingerprint density at radius 2 is 1.94 bits per heavy atom. The van der Waals surface area contributed by atoms with Crippen molar-refractivity contribution in [3.8, 4) is 5.75 Å². The lowest BCUT2D eigenvalue weighted by Gasteiger charge is -2.17. The summed E-state index contributed by atoms with van der Waals surface area (Å²) in [6, 6.07) is 7.85. The van der Waals surface area contributed by atoms with Crippen LogP contribution in [0.2, 0.25) is 0 Å². The minimum Gasteiger partial charge on any atom is -0.491 e. The number of benzene rings is 1. The topological polar surface area (TPSA) is 41.6 Å². The average Bonchev–Trinajstić information content (AvgIpc) is 2.31. The Hall–Kier alpha value is -1.55. The molecule has 1 N–H and O–H groups in total. The van der Waals surface area contributed by atoms with Gasteiger partial charge in [0.1, 0.15) is 5.75 Å². The Morgan fingerprint density at radius 3 is 2.44 bits per heavy atom. The molecule has 0 atom stereocenters. The van der Waals surface area contributed by atoms with E-state index in [4.69, 9.17) is 4.74 Å². The smallest absolute Gasteiger partial charge is 0.236 e. The van der Waals surface area contributed by atoms with Gasteiger partial charge in [-0.15, -0.1) is 0 Å². The maximum absolute atomic E-state index is 11.6. The Kier molecular flexibility index (Phi) is 5.65. The molecule has 0 aliphatic heterocycles. The van der Waals surface area contributed by atoms with Gasteiger partial charge in [0, 0.05) is 13.6 Å². The van der Waals surface area contributed by atoms with E-state index < -0.39 is 0 Å². The van der Waals surface area contributed by atoms with Gasteiger partial charge in [0.2, 0.25) is 5.91 Å². The molecule has 0 spiro atoms. The molecule has 4 heteroatoms. The number of rotatable bonds is 6. The second kappa shape index (κ2) is 7.01. The summed E-state index contributed by atoms with van der Waals surface area (Å²) in [7, 11) is 3.57. The zero-order chi connectivity index (χ0) is 13.5. The van der Waals surface area contributed by atoms with Crippen LogP contribution in [0.4, 0.5) is 0 Å². The Bertz CT molecular complexity index is 374. The molecule has 0 unspecified atom stereocenters. The molecule has 0 bridgehead atoms. The molecule has 0 radical (unpaired) electrons. The van der Waals surface area contributed by atoms with Gasteiger partial charge in [-0.2, -0.15) is 0 Å². The number of likely N-dealkylation sites (N-methyl/N-ethyl adjacent to an activating group) is 2. The lowest BCUT2D eigenvalue weighted by atomic mass is 10.2. The fourth-order valence-corrected chi connectivity index (χ4v) is 1.59. The highest BCUT2D eigenvalue weighted by molar-refractivity contribution is 5.77. The van der Waals surface area contributed by atoms with E-state index in [1.807, 2.05) is 38.1 Å². The van der Waals surface area contributed by atoms with Crippen molar-refractivity contribution >= 4 is 5.91 Å². The van der Waals surface area contributed by atoms with E-state index in [-0.39, 0.29) is 12.0 Å². The summed E-state index contributed by atoms with van der Waals surface area (Å²) >= 11 is 0. The number of carbonyl (C=O) groups excluding carboxylic acids is 1. The predicted octanol–water partition coefficient (Wildman–Crippen LogP) is 1.65. The van der Waals surface area contributed by atoms with Crippen molar-refractivity contribution in [2.45, 2.75) is 26.5 Å². The molecule has 18 heavy (non-hydrogen) atoms. The van der Waals surface area contributed by atoms with Crippen LogP contribution in [-0.4, -0.2) is 37.6 Å².